The molecule has 0 aliphatic carbocycles. The van der Waals surface area contributed by atoms with Crippen molar-refractivity contribution in [1.82, 2.24) is 20.3 Å². The summed E-state index contributed by atoms with van der Waals surface area (Å²) in [5.74, 6) is 0.522. The number of aryl methyl sites for hydroxylation is 1. The normalized spacial score (nSPS) is 18.9. The van der Waals surface area contributed by atoms with Crippen LogP contribution in [0.5, 0.6) is 0 Å². The fraction of sp³-hybridized carbons (Fsp3) is 0.500. The van der Waals surface area contributed by atoms with Crippen molar-refractivity contribution in [3.05, 3.63) is 38.8 Å². The van der Waals surface area contributed by atoms with E-state index in [-0.39, 0.29) is 5.56 Å². The van der Waals surface area contributed by atoms with E-state index in [0.29, 0.717) is 11.9 Å². The summed E-state index contributed by atoms with van der Waals surface area (Å²) in [6.07, 6.45) is 5.37. The number of hydrogen-bond donors (Lipinski definition) is 2. The fourth-order valence-electron chi connectivity index (χ4n) is 2.64. The lowest BCUT2D eigenvalue weighted by atomic mass is 10.1. The van der Waals surface area contributed by atoms with Crippen LogP contribution in [0.15, 0.2) is 22.6 Å². The Kier molecular flexibility index (Phi) is 4.31. The molecule has 1 aliphatic rings. The van der Waals surface area contributed by atoms with Crippen molar-refractivity contribution in [2.24, 2.45) is 0 Å². The van der Waals surface area contributed by atoms with E-state index in [1.165, 1.54) is 0 Å². The predicted molar refractivity (Wildman–Crippen MR) is 83.8 cm³/mol. The zero-order valence-corrected chi connectivity index (χ0v) is 12.8. The van der Waals surface area contributed by atoms with Crippen LogP contribution in [0.3, 0.4) is 0 Å². The summed E-state index contributed by atoms with van der Waals surface area (Å²) < 4.78 is 0. The second kappa shape index (κ2) is 6.36. The number of aromatic nitrogens is 3. The van der Waals surface area contributed by atoms with Crippen molar-refractivity contribution < 1.29 is 0 Å². The van der Waals surface area contributed by atoms with Crippen LogP contribution in [-0.2, 0) is 6.54 Å². The molecular formula is C14H19N5OS. The lowest BCUT2D eigenvalue weighted by Gasteiger charge is -2.33. The number of anilines is 1. The molecule has 1 atom stereocenters. The molecule has 0 spiro atoms. The number of hydrogen-bond acceptors (Lipinski definition) is 6. The first-order valence-electron chi connectivity index (χ1n) is 7.15. The maximum Gasteiger partial charge on any atom is 0.290 e. The van der Waals surface area contributed by atoms with Gasteiger partial charge in [0.2, 0.25) is 0 Å². The Balaban J connectivity index is 1.61. The molecule has 1 saturated heterocycles. The summed E-state index contributed by atoms with van der Waals surface area (Å²) >= 11 is 1.67. The smallest absolute Gasteiger partial charge is 0.290 e. The third-order valence-corrected chi connectivity index (χ3v) is 4.47. The van der Waals surface area contributed by atoms with Crippen molar-refractivity contribution in [2.45, 2.75) is 32.4 Å². The van der Waals surface area contributed by atoms with Crippen LogP contribution in [0.2, 0.25) is 0 Å². The highest BCUT2D eigenvalue weighted by Crippen LogP contribution is 2.15. The highest BCUT2D eigenvalue weighted by molar-refractivity contribution is 7.09. The first kappa shape index (κ1) is 14.2. The van der Waals surface area contributed by atoms with Gasteiger partial charge in [0.15, 0.2) is 5.82 Å². The number of piperidine rings is 1. The maximum atomic E-state index is 11.8. The molecule has 7 heteroatoms. The van der Waals surface area contributed by atoms with Crippen LogP contribution in [0.25, 0.3) is 0 Å². The van der Waals surface area contributed by atoms with Gasteiger partial charge in [-0.05, 0) is 19.8 Å². The van der Waals surface area contributed by atoms with Gasteiger partial charge in [0.1, 0.15) is 0 Å². The summed E-state index contributed by atoms with van der Waals surface area (Å²) in [5, 5.41) is 6.72. The lowest BCUT2D eigenvalue weighted by molar-refractivity contribution is 0.417. The van der Waals surface area contributed by atoms with E-state index in [9.17, 15) is 4.79 Å². The molecule has 0 unspecified atom stereocenters. The molecule has 3 heterocycles. The van der Waals surface area contributed by atoms with Gasteiger partial charge in [0.05, 0.1) is 10.7 Å². The Morgan fingerprint density at radius 1 is 1.57 bits per heavy atom. The number of thiazole rings is 1. The third-order valence-electron chi connectivity index (χ3n) is 3.65. The molecule has 21 heavy (non-hydrogen) atoms. The Bertz CT molecular complexity index is 653. The highest BCUT2D eigenvalue weighted by Gasteiger charge is 2.22. The van der Waals surface area contributed by atoms with Crippen molar-refractivity contribution in [3.63, 3.8) is 0 Å². The number of nitrogens with one attached hydrogen (secondary N) is 2. The Morgan fingerprint density at radius 2 is 2.48 bits per heavy atom. The molecule has 0 amide bonds. The Hall–Kier alpha value is -1.73. The number of H-pyrrole nitrogens is 1. The van der Waals surface area contributed by atoms with E-state index >= 15 is 0 Å². The van der Waals surface area contributed by atoms with Crippen molar-refractivity contribution in [1.29, 1.82) is 0 Å². The summed E-state index contributed by atoms with van der Waals surface area (Å²) in [6.45, 7) is 4.49. The molecule has 2 N–H and O–H groups in total. The average Bonchev–Trinajstić information content (AvgIpc) is 2.92. The van der Waals surface area contributed by atoms with Gasteiger partial charge in [-0.3, -0.25) is 4.79 Å². The first-order valence-corrected chi connectivity index (χ1v) is 8.03. The Morgan fingerprint density at radius 3 is 3.24 bits per heavy atom. The standard InChI is InChI=1S/C14H19N5OS/c1-10-18-12(9-21-10)7-17-11-3-2-6-19(8-11)13-14(20)16-5-4-15-13/h4-5,9,11,17H,2-3,6-8H2,1H3,(H,16,20)/t11-/m0/s1. The van der Waals surface area contributed by atoms with Gasteiger partial charge in [-0.15, -0.1) is 11.3 Å². The average molecular weight is 305 g/mol. The highest BCUT2D eigenvalue weighted by atomic mass is 32.1. The third kappa shape index (κ3) is 3.48. The minimum absolute atomic E-state index is 0.117. The van der Waals surface area contributed by atoms with Crippen molar-refractivity contribution >= 4 is 17.2 Å². The zero-order valence-electron chi connectivity index (χ0n) is 12.0. The molecule has 6 nitrogen and oxygen atoms in total. The summed E-state index contributed by atoms with van der Waals surface area (Å²) in [5.41, 5.74) is 0.971. The monoisotopic (exact) mass is 305 g/mol. The molecule has 112 valence electrons. The van der Waals surface area contributed by atoms with E-state index < -0.39 is 0 Å². The molecule has 2 aromatic heterocycles. The van der Waals surface area contributed by atoms with Crippen LogP contribution in [0.1, 0.15) is 23.5 Å². The van der Waals surface area contributed by atoms with Gasteiger partial charge in [0, 0.05) is 43.4 Å². The quantitative estimate of drug-likeness (QED) is 0.890. The summed E-state index contributed by atoms with van der Waals surface area (Å²) in [4.78, 5) is 25.2. The molecule has 0 bridgehead atoms. The van der Waals surface area contributed by atoms with Crippen LogP contribution < -0.4 is 15.8 Å². The zero-order chi connectivity index (χ0) is 14.7. The van der Waals surface area contributed by atoms with Gasteiger partial charge in [-0.25, -0.2) is 9.97 Å². The molecule has 1 aliphatic heterocycles. The van der Waals surface area contributed by atoms with Gasteiger partial charge in [-0.2, -0.15) is 0 Å². The number of nitrogens with zero attached hydrogens (tertiary/aromatic N) is 3. The van der Waals surface area contributed by atoms with E-state index in [0.717, 1.165) is 43.2 Å². The van der Waals surface area contributed by atoms with Crippen LogP contribution in [-0.4, -0.2) is 34.1 Å². The first-order chi connectivity index (χ1) is 10.2. The SMILES string of the molecule is Cc1nc(CN[C@H]2CCCN(c3ncc[nH]c3=O)C2)cs1. The minimum atomic E-state index is -0.117. The van der Waals surface area contributed by atoms with Crippen LogP contribution in [0.4, 0.5) is 5.82 Å². The molecule has 0 saturated carbocycles. The van der Waals surface area contributed by atoms with Gasteiger partial charge in [0.25, 0.3) is 5.56 Å². The molecule has 0 radical (unpaired) electrons. The lowest BCUT2D eigenvalue weighted by Crippen LogP contribution is -2.47. The van der Waals surface area contributed by atoms with Gasteiger partial charge >= 0.3 is 0 Å². The maximum absolute atomic E-state index is 11.8. The second-order valence-corrected chi connectivity index (χ2v) is 6.33. The van der Waals surface area contributed by atoms with Crippen LogP contribution in [0, 0.1) is 6.92 Å². The molecule has 1 fully saturated rings. The van der Waals surface area contributed by atoms with Gasteiger partial charge < -0.3 is 15.2 Å². The van der Waals surface area contributed by atoms with E-state index in [2.05, 4.69) is 30.5 Å². The number of aromatic amines is 1. The predicted octanol–water partition coefficient (Wildman–Crippen LogP) is 1.29. The summed E-state index contributed by atoms with van der Waals surface area (Å²) in [6, 6.07) is 0.363. The van der Waals surface area contributed by atoms with Crippen LogP contribution >= 0.6 is 11.3 Å². The second-order valence-electron chi connectivity index (χ2n) is 5.27. The minimum Gasteiger partial charge on any atom is -0.350 e. The van der Waals surface area contributed by atoms with Crippen molar-refractivity contribution in [2.75, 3.05) is 18.0 Å². The van der Waals surface area contributed by atoms with E-state index in [1.54, 1.807) is 23.7 Å². The fourth-order valence-corrected chi connectivity index (χ4v) is 3.26. The molecule has 3 rings (SSSR count). The molecular weight excluding hydrogens is 286 g/mol. The number of rotatable bonds is 4. The van der Waals surface area contributed by atoms with E-state index in [4.69, 9.17) is 0 Å². The van der Waals surface area contributed by atoms with Crippen molar-refractivity contribution in [3.8, 4) is 0 Å². The Labute approximate surface area is 127 Å². The van der Waals surface area contributed by atoms with E-state index in [1.807, 2.05) is 6.92 Å². The topological polar surface area (TPSA) is 73.9 Å². The summed E-state index contributed by atoms with van der Waals surface area (Å²) in [7, 11) is 0. The van der Waals surface area contributed by atoms with Gasteiger partial charge in [-0.1, -0.05) is 0 Å². The molecule has 2 aromatic rings. The largest absolute Gasteiger partial charge is 0.350 e. The molecule has 0 aromatic carbocycles.